The van der Waals surface area contributed by atoms with Gasteiger partial charge >= 0.3 is 0 Å². The van der Waals surface area contributed by atoms with Crippen LogP contribution < -0.4 is 11.1 Å². The number of pyridine rings is 1. The van der Waals surface area contributed by atoms with Gasteiger partial charge in [-0.15, -0.1) is 0 Å². The third-order valence-electron chi connectivity index (χ3n) is 4.46. The quantitative estimate of drug-likeness (QED) is 0.433. The van der Waals surface area contributed by atoms with Crippen molar-refractivity contribution in [1.82, 2.24) is 25.2 Å². The van der Waals surface area contributed by atoms with Gasteiger partial charge in [0, 0.05) is 18.0 Å². The molecule has 3 aromatic heterocycles. The first-order chi connectivity index (χ1) is 14.5. The predicted octanol–water partition coefficient (Wildman–Crippen LogP) is 0.804. The molecule has 0 saturated carbocycles. The van der Waals surface area contributed by atoms with E-state index in [1.54, 1.807) is 48.7 Å². The van der Waals surface area contributed by atoms with Crippen molar-refractivity contribution in [1.29, 1.82) is 0 Å². The summed E-state index contributed by atoms with van der Waals surface area (Å²) >= 11 is 0. The second kappa shape index (κ2) is 7.95. The van der Waals surface area contributed by atoms with Gasteiger partial charge in [-0.25, -0.2) is 9.67 Å². The average Bonchev–Trinajstić information content (AvgIpc) is 3.41. The number of carbonyl (C=O) groups excluding carboxylic acids is 3. The largest absolute Gasteiger partial charge is 0.363 e. The molecule has 30 heavy (non-hydrogen) atoms. The Morgan fingerprint density at radius 3 is 2.63 bits per heavy atom. The summed E-state index contributed by atoms with van der Waals surface area (Å²) in [4.78, 5) is 41.0. The van der Waals surface area contributed by atoms with Crippen molar-refractivity contribution < 1.29 is 18.9 Å². The fourth-order valence-electron chi connectivity index (χ4n) is 3.03. The Balaban J connectivity index is 1.62. The van der Waals surface area contributed by atoms with Crippen molar-refractivity contribution in [2.24, 2.45) is 5.73 Å². The fraction of sp³-hybridized carbons (Fsp3) is 0.100. The van der Waals surface area contributed by atoms with E-state index in [2.05, 4.69) is 20.6 Å². The van der Waals surface area contributed by atoms with Gasteiger partial charge in [-0.1, -0.05) is 23.4 Å². The van der Waals surface area contributed by atoms with Crippen molar-refractivity contribution >= 4 is 28.6 Å². The first kappa shape index (κ1) is 19.0. The van der Waals surface area contributed by atoms with E-state index in [0.29, 0.717) is 22.5 Å². The monoisotopic (exact) mass is 404 g/mol. The van der Waals surface area contributed by atoms with Crippen LogP contribution in [0.25, 0.3) is 16.8 Å². The maximum absolute atomic E-state index is 12.9. The maximum atomic E-state index is 12.9. The van der Waals surface area contributed by atoms with Crippen LogP contribution in [0, 0.1) is 0 Å². The van der Waals surface area contributed by atoms with E-state index < -0.39 is 23.6 Å². The van der Waals surface area contributed by atoms with Crippen molar-refractivity contribution in [3.8, 4) is 5.82 Å². The molecule has 0 aliphatic carbocycles. The molecule has 150 valence electrons. The Morgan fingerprint density at radius 2 is 1.87 bits per heavy atom. The Morgan fingerprint density at radius 1 is 1.07 bits per heavy atom. The number of nitrogens with zero attached hydrogens (tertiary/aromatic N) is 4. The summed E-state index contributed by atoms with van der Waals surface area (Å²) in [5.74, 6) is -2.30. The van der Waals surface area contributed by atoms with E-state index in [-0.39, 0.29) is 12.1 Å². The molecular weight excluding hydrogens is 388 g/mol. The first-order valence-electron chi connectivity index (χ1n) is 8.98. The zero-order chi connectivity index (χ0) is 21.1. The van der Waals surface area contributed by atoms with Crippen LogP contribution >= 0.6 is 0 Å². The highest BCUT2D eigenvalue weighted by atomic mass is 16.5. The van der Waals surface area contributed by atoms with Crippen LogP contribution in [0.5, 0.6) is 0 Å². The van der Waals surface area contributed by atoms with Gasteiger partial charge in [0.1, 0.15) is 11.7 Å². The Bertz CT molecular complexity index is 1230. The van der Waals surface area contributed by atoms with Crippen LogP contribution in [-0.2, 0) is 16.0 Å². The highest BCUT2D eigenvalue weighted by Crippen LogP contribution is 2.19. The maximum Gasteiger partial charge on any atom is 0.287 e. The lowest BCUT2D eigenvalue weighted by Crippen LogP contribution is -2.47. The van der Waals surface area contributed by atoms with E-state index in [0.717, 1.165) is 0 Å². The molecule has 1 atom stereocenters. The third-order valence-corrected chi connectivity index (χ3v) is 4.46. The molecule has 1 aromatic carbocycles. The summed E-state index contributed by atoms with van der Waals surface area (Å²) in [5.41, 5.74) is 6.27. The van der Waals surface area contributed by atoms with Gasteiger partial charge in [0.05, 0.1) is 11.9 Å². The molecule has 2 amide bonds. The summed E-state index contributed by atoms with van der Waals surface area (Å²) in [6.07, 6.45) is 2.93. The number of fused-ring (bicyclic) bond motifs is 1. The van der Waals surface area contributed by atoms with Gasteiger partial charge in [0.25, 0.3) is 11.8 Å². The molecular formula is C20H16N6O4. The van der Waals surface area contributed by atoms with Crippen molar-refractivity contribution in [3.63, 3.8) is 0 Å². The number of para-hydroxylation sites is 1. The fourth-order valence-corrected chi connectivity index (χ4v) is 3.03. The topological polar surface area (TPSA) is 146 Å². The Kier molecular flexibility index (Phi) is 5.04. The molecule has 0 saturated heterocycles. The number of aromatic nitrogens is 4. The van der Waals surface area contributed by atoms with Crippen LogP contribution in [0.15, 0.2) is 65.4 Å². The van der Waals surface area contributed by atoms with Crippen molar-refractivity contribution in [2.45, 2.75) is 12.5 Å². The first-order valence-corrected chi connectivity index (χ1v) is 8.98. The molecule has 1 unspecified atom stereocenters. The van der Waals surface area contributed by atoms with Gasteiger partial charge in [-0.3, -0.25) is 14.4 Å². The summed E-state index contributed by atoms with van der Waals surface area (Å²) in [6.45, 7) is 0. The number of carbonyl (C=O) groups is 3. The molecule has 4 aromatic rings. The Labute approximate surface area is 169 Å². The number of nitrogens with two attached hydrogens (primary N) is 1. The molecule has 0 fully saturated rings. The number of rotatable bonds is 7. The number of nitrogens with one attached hydrogen (secondary N) is 1. The summed E-state index contributed by atoms with van der Waals surface area (Å²) in [7, 11) is 0. The molecule has 0 spiro atoms. The van der Waals surface area contributed by atoms with Crippen molar-refractivity contribution in [2.75, 3.05) is 0 Å². The second-order valence-corrected chi connectivity index (χ2v) is 6.40. The number of benzene rings is 1. The molecule has 3 N–H and O–H groups in total. The van der Waals surface area contributed by atoms with Crippen LogP contribution in [-0.4, -0.2) is 43.6 Å². The lowest BCUT2D eigenvalue weighted by atomic mass is 10.0. The second-order valence-electron chi connectivity index (χ2n) is 6.40. The normalized spacial score (nSPS) is 11.9. The minimum absolute atomic E-state index is 0.0672. The van der Waals surface area contributed by atoms with Crippen molar-refractivity contribution in [3.05, 3.63) is 72.3 Å². The molecule has 0 radical (unpaired) electrons. The summed E-state index contributed by atoms with van der Waals surface area (Å²) in [5, 5.41) is 11.3. The molecule has 3 heterocycles. The highest BCUT2D eigenvalue weighted by molar-refractivity contribution is 6.38. The van der Waals surface area contributed by atoms with Crippen LogP contribution in [0.1, 0.15) is 16.2 Å². The number of hydrogen-bond donors (Lipinski definition) is 2. The molecule has 10 heteroatoms. The van der Waals surface area contributed by atoms with Gasteiger partial charge < -0.3 is 15.6 Å². The van der Waals surface area contributed by atoms with E-state index in [9.17, 15) is 14.4 Å². The van der Waals surface area contributed by atoms with Crippen LogP contribution in [0.4, 0.5) is 0 Å². The molecule has 0 bridgehead atoms. The smallest absolute Gasteiger partial charge is 0.287 e. The van der Waals surface area contributed by atoms with E-state index in [1.807, 2.05) is 0 Å². The van der Waals surface area contributed by atoms with Gasteiger partial charge in [0.15, 0.2) is 11.4 Å². The average molecular weight is 404 g/mol. The van der Waals surface area contributed by atoms with Gasteiger partial charge in [-0.05, 0) is 30.3 Å². The standard InChI is InChI=1S/C20H16N6O4/c21-19(28)18(27)14(11-13-12-5-1-2-6-16(12)30-25-13)24-20(29)15-8-10-23-26(15)17-7-3-4-9-22-17/h1-10,14H,11H2,(H2,21,28)(H,24,29). The Hall–Kier alpha value is -4.34. The number of ketones is 1. The molecule has 4 rings (SSSR count). The van der Waals surface area contributed by atoms with Gasteiger partial charge in [-0.2, -0.15) is 5.10 Å². The zero-order valence-electron chi connectivity index (χ0n) is 15.6. The SMILES string of the molecule is NC(=O)C(=O)C(Cc1noc2ccccc12)NC(=O)c1ccnn1-c1ccccn1. The summed E-state index contributed by atoms with van der Waals surface area (Å²) in [6, 6.07) is 12.5. The number of hydrogen-bond acceptors (Lipinski definition) is 7. The molecule has 0 aliphatic rings. The number of primary amides is 1. The van der Waals surface area contributed by atoms with E-state index >= 15 is 0 Å². The van der Waals surface area contributed by atoms with Crippen LogP contribution in [0.3, 0.4) is 0 Å². The lowest BCUT2D eigenvalue weighted by molar-refractivity contribution is -0.137. The van der Waals surface area contributed by atoms with E-state index in [1.165, 1.54) is 16.9 Å². The lowest BCUT2D eigenvalue weighted by Gasteiger charge is -2.15. The number of Topliss-reactive ketones (excluding diaryl/α,β-unsaturated/α-hetero) is 1. The van der Waals surface area contributed by atoms with Gasteiger partial charge in [0.2, 0.25) is 5.78 Å². The summed E-state index contributed by atoms with van der Waals surface area (Å²) < 4.78 is 6.56. The predicted molar refractivity (Wildman–Crippen MR) is 105 cm³/mol. The zero-order valence-corrected chi connectivity index (χ0v) is 15.6. The minimum Gasteiger partial charge on any atom is -0.363 e. The van der Waals surface area contributed by atoms with E-state index in [4.69, 9.17) is 10.3 Å². The third kappa shape index (κ3) is 3.65. The van der Waals surface area contributed by atoms with Crippen LogP contribution in [0.2, 0.25) is 0 Å². The molecule has 0 aliphatic heterocycles. The number of amides is 2. The minimum atomic E-state index is -1.23. The highest BCUT2D eigenvalue weighted by Gasteiger charge is 2.29. The molecule has 10 nitrogen and oxygen atoms in total.